The molecular formula is C18H15ClN2O5. The Morgan fingerprint density at radius 3 is 2.77 bits per heavy atom. The molecule has 0 radical (unpaired) electrons. The van der Waals surface area contributed by atoms with E-state index in [0.29, 0.717) is 16.4 Å². The lowest BCUT2D eigenvalue weighted by Crippen LogP contribution is -2.44. The molecule has 134 valence electrons. The second kappa shape index (κ2) is 7.45. The van der Waals surface area contributed by atoms with Gasteiger partial charge in [-0.3, -0.25) is 14.5 Å². The molecule has 0 spiro atoms. The van der Waals surface area contributed by atoms with E-state index in [2.05, 4.69) is 5.32 Å². The second-order valence-electron chi connectivity index (χ2n) is 5.47. The molecule has 2 amide bonds. The van der Waals surface area contributed by atoms with Crippen molar-refractivity contribution in [3.63, 3.8) is 0 Å². The number of carbonyl (C=O) groups is 3. The number of esters is 1. The van der Waals surface area contributed by atoms with Crippen molar-refractivity contribution < 1.29 is 23.9 Å². The lowest BCUT2D eigenvalue weighted by atomic mass is 10.2. The second-order valence-corrected chi connectivity index (χ2v) is 5.90. The van der Waals surface area contributed by atoms with Gasteiger partial charge in [0, 0.05) is 5.02 Å². The summed E-state index contributed by atoms with van der Waals surface area (Å²) in [5.74, 6) is -1.29. The van der Waals surface area contributed by atoms with Crippen molar-refractivity contribution in [3.8, 4) is 5.75 Å². The lowest BCUT2D eigenvalue weighted by Gasteiger charge is -2.28. The highest BCUT2D eigenvalue weighted by molar-refractivity contribution is 6.31. The number of amides is 2. The molecule has 2 aromatic carbocycles. The number of halogens is 1. The molecule has 8 heteroatoms. The summed E-state index contributed by atoms with van der Waals surface area (Å²) in [6.45, 7) is -0.663. The molecule has 0 saturated carbocycles. The monoisotopic (exact) mass is 374 g/mol. The van der Waals surface area contributed by atoms with Gasteiger partial charge in [0.2, 0.25) is 5.91 Å². The maximum absolute atomic E-state index is 12.5. The molecule has 0 unspecified atom stereocenters. The van der Waals surface area contributed by atoms with Gasteiger partial charge in [-0.2, -0.15) is 0 Å². The van der Waals surface area contributed by atoms with Crippen LogP contribution in [-0.4, -0.2) is 38.0 Å². The third kappa shape index (κ3) is 3.62. The van der Waals surface area contributed by atoms with Crippen molar-refractivity contribution in [3.05, 3.63) is 53.1 Å². The summed E-state index contributed by atoms with van der Waals surface area (Å²) in [6.07, 6.45) is 0. The highest BCUT2D eigenvalue weighted by Gasteiger charge is 2.27. The van der Waals surface area contributed by atoms with Crippen LogP contribution in [0.5, 0.6) is 5.75 Å². The molecule has 2 aromatic rings. The Kier molecular flexibility index (Phi) is 5.09. The summed E-state index contributed by atoms with van der Waals surface area (Å²) < 4.78 is 10.2. The molecule has 1 aliphatic heterocycles. The largest absolute Gasteiger partial charge is 0.496 e. The lowest BCUT2D eigenvalue weighted by molar-refractivity contribution is -0.124. The molecule has 26 heavy (non-hydrogen) atoms. The quantitative estimate of drug-likeness (QED) is 0.831. The topological polar surface area (TPSA) is 84.9 Å². The van der Waals surface area contributed by atoms with E-state index >= 15 is 0 Å². The average Bonchev–Trinajstić information content (AvgIpc) is 2.65. The van der Waals surface area contributed by atoms with Crippen molar-refractivity contribution in [1.29, 1.82) is 0 Å². The van der Waals surface area contributed by atoms with E-state index in [-0.39, 0.29) is 23.8 Å². The van der Waals surface area contributed by atoms with Gasteiger partial charge >= 0.3 is 5.97 Å². The van der Waals surface area contributed by atoms with Gasteiger partial charge < -0.3 is 14.8 Å². The fourth-order valence-electron chi connectivity index (χ4n) is 2.58. The number of fused-ring (bicyclic) bond motifs is 1. The third-order valence-electron chi connectivity index (χ3n) is 3.78. The fraction of sp³-hybridized carbons (Fsp3) is 0.167. The number of rotatable bonds is 4. The van der Waals surface area contributed by atoms with Crippen LogP contribution < -0.4 is 15.0 Å². The minimum absolute atomic E-state index is 0.115. The predicted molar refractivity (Wildman–Crippen MR) is 95.7 cm³/mol. The Labute approximate surface area is 154 Å². The van der Waals surface area contributed by atoms with E-state index in [1.165, 1.54) is 24.1 Å². The van der Waals surface area contributed by atoms with E-state index < -0.39 is 18.5 Å². The molecule has 1 N–H and O–H groups in total. The van der Waals surface area contributed by atoms with Gasteiger partial charge in [0.1, 0.15) is 17.9 Å². The minimum atomic E-state index is -0.743. The third-order valence-corrected chi connectivity index (χ3v) is 4.01. The number of hydrogen-bond donors (Lipinski definition) is 1. The van der Waals surface area contributed by atoms with Crippen molar-refractivity contribution in [2.24, 2.45) is 0 Å². The molecule has 1 heterocycles. The van der Waals surface area contributed by atoms with Crippen LogP contribution in [0.1, 0.15) is 10.4 Å². The summed E-state index contributed by atoms with van der Waals surface area (Å²) in [4.78, 5) is 37.8. The number of hydrogen-bond acceptors (Lipinski definition) is 5. The van der Waals surface area contributed by atoms with Crippen molar-refractivity contribution in [1.82, 2.24) is 0 Å². The maximum atomic E-state index is 12.5. The molecule has 0 aliphatic carbocycles. The first kappa shape index (κ1) is 17.8. The summed E-state index contributed by atoms with van der Waals surface area (Å²) in [7, 11) is 1.41. The molecule has 0 aromatic heterocycles. The summed E-state index contributed by atoms with van der Waals surface area (Å²) >= 11 is 5.89. The average molecular weight is 375 g/mol. The van der Waals surface area contributed by atoms with Gasteiger partial charge in [0.25, 0.3) is 5.91 Å². The molecule has 0 saturated heterocycles. The standard InChI is InChI=1S/C18H15ClN2O5/c1-25-15-7-6-11(19)8-12(15)18(24)26-10-17(23)21-9-16(22)20-13-4-2-3-5-14(13)21/h2-8H,9-10H2,1H3,(H,20,22). The van der Waals surface area contributed by atoms with Crippen LogP contribution in [-0.2, 0) is 14.3 Å². The Morgan fingerprint density at radius 2 is 2.00 bits per heavy atom. The zero-order chi connectivity index (χ0) is 18.7. The number of methoxy groups -OCH3 is 1. The molecule has 3 rings (SSSR count). The summed E-state index contributed by atoms with van der Waals surface area (Å²) in [5.41, 5.74) is 1.19. The van der Waals surface area contributed by atoms with Crippen molar-refractivity contribution in [2.75, 3.05) is 30.5 Å². The van der Waals surface area contributed by atoms with Gasteiger partial charge in [-0.25, -0.2) is 4.79 Å². The van der Waals surface area contributed by atoms with Crippen LogP contribution in [0, 0.1) is 0 Å². The number of para-hydroxylation sites is 2. The van der Waals surface area contributed by atoms with Crippen LogP contribution in [0.25, 0.3) is 0 Å². The normalized spacial score (nSPS) is 12.8. The van der Waals surface area contributed by atoms with Crippen LogP contribution in [0.3, 0.4) is 0 Å². The van der Waals surface area contributed by atoms with E-state index in [9.17, 15) is 14.4 Å². The summed E-state index contributed by atoms with van der Waals surface area (Å²) in [6, 6.07) is 11.4. The molecule has 1 aliphatic rings. The van der Waals surface area contributed by atoms with E-state index in [0.717, 1.165) is 0 Å². The number of nitrogens with zero attached hydrogens (tertiary/aromatic N) is 1. The van der Waals surface area contributed by atoms with Gasteiger partial charge in [0.15, 0.2) is 6.61 Å². The molecule has 0 bridgehead atoms. The van der Waals surface area contributed by atoms with E-state index in [4.69, 9.17) is 21.1 Å². The van der Waals surface area contributed by atoms with Gasteiger partial charge in [-0.1, -0.05) is 23.7 Å². The van der Waals surface area contributed by atoms with E-state index in [1.807, 2.05) is 0 Å². The first-order chi connectivity index (χ1) is 12.5. The maximum Gasteiger partial charge on any atom is 0.342 e. The van der Waals surface area contributed by atoms with Gasteiger partial charge in [0.05, 0.1) is 18.5 Å². The SMILES string of the molecule is COc1ccc(Cl)cc1C(=O)OCC(=O)N1CC(=O)Nc2ccccc21. The Morgan fingerprint density at radius 1 is 1.23 bits per heavy atom. The Hall–Kier alpha value is -3.06. The van der Waals surface area contributed by atoms with Crippen LogP contribution >= 0.6 is 11.6 Å². The van der Waals surface area contributed by atoms with Crippen molar-refractivity contribution in [2.45, 2.75) is 0 Å². The zero-order valence-electron chi connectivity index (χ0n) is 13.8. The molecular weight excluding hydrogens is 360 g/mol. The Balaban J connectivity index is 1.73. The highest BCUT2D eigenvalue weighted by Crippen LogP contribution is 2.29. The molecule has 0 fully saturated rings. The first-order valence-corrected chi connectivity index (χ1v) is 8.07. The number of anilines is 2. The van der Waals surface area contributed by atoms with Crippen molar-refractivity contribution >= 4 is 40.8 Å². The first-order valence-electron chi connectivity index (χ1n) is 7.69. The van der Waals surface area contributed by atoms with Crippen LogP contribution in [0.15, 0.2) is 42.5 Å². The van der Waals surface area contributed by atoms with Crippen LogP contribution in [0.2, 0.25) is 5.02 Å². The number of benzene rings is 2. The fourth-order valence-corrected chi connectivity index (χ4v) is 2.75. The smallest absolute Gasteiger partial charge is 0.342 e. The zero-order valence-corrected chi connectivity index (χ0v) is 14.6. The molecule has 0 atom stereocenters. The number of carbonyl (C=O) groups excluding carboxylic acids is 3. The van der Waals surface area contributed by atoms with E-state index in [1.54, 1.807) is 30.3 Å². The number of ether oxygens (including phenoxy) is 2. The predicted octanol–water partition coefficient (Wildman–Crippen LogP) is 2.49. The van der Waals surface area contributed by atoms with Gasteiger partial charge in [-0.05, 0) is 30.3 Å². The van der Waals surface area contributed by atoms with Crippen LogP contribution in [0.4, 0.5) is 11.4 Å². The van der Waals surface area contributed by atoms with Gasteiger partial charge in [-0.15, -0.1) is 0 Å². The highest BCUT2D eigenvalue weighted by atomic mass is 35.5. The Bertz CT molecular complexity index is 884. The molecule has 7 nitrogen and oxygen atoms in total. The minimum Gasteiger partial charge on any atom is -0.496 e. The summed E-state index contributed by atoms with van der Waals surface area (Å²) in [5, 5.41) is 3.02. The number of nitrogens with one attached hydrogen (secondary N) is 1.